The molecule has 3 aliphatic heterocycles. The molecule has 7 heteroatoms. The second kappa shape index (κ2) is 6.58. The van der Waals surface area contributed by atoms with E-state index in [-0.39, 0.29) is 18.4 Å². The van der Waals surface area contributed by atoms with Gasteiger partial charge in [0.15, 0.2) is 0 Å². The van der Waals surface area contributed by atoms with Gasteiger partial charge < -0.3 is 15.5 Å². The second-order valence-corrected chi connectivity index (χ2v) is 8.52. The number of aryl methyl sites for hydroxylation is 1. The highest BCUT2D eigenvalue weighted by Crippen LogP contribution is 2.41. The summed E-state index contributed by atoms with van der Waals surface area (Å²) in [6, 6.07) is 7.30. The molecule has 4 amide bonds. The average molecular weight is 382 g/mol. The third-order valence-corrected chi connectivity index (χ3v) is 7.09. The van der Waals surface area contributed by atoms with Crippen molar-refractivity contribution in [3.63, 3.8) is 0 Å². The molecule has 0 bridgehead atoms. The molecule has 0 radical (unpaired) electrons. The Kier molecular flexibility index (Phi) is 4.16. The Balaban J connectivity index is 1.30. The summed E-state index contributed by atoms with van der Waals surface area (Å²) >= 11 is 0. The summed E-state index contributed by atoms with van der Waals surface area (Å²) in [7, 11) is 0. The fourth-order valence-electron chi connectivity index (χ4n) is 5.44. The quantitative estimate of drug-likeness (QED) is 0.743. The van der Waals surface area contributed by atoms with E-state index in [0.29, 0.717) is 31.3 Å². The smallest absolute Gasteiger partial charge is 0.325 e. The molecule has 1 aromatic rings. The van der Waals surface area contributed by atoms with Gasteiger partial charge in [-0.25, -0.2) is 4.79 Å². The van der Waals surface area contributed by atoms with Gasteiger partial charge in [-0.3, -0.25) is 14.5 Å². The summed E-state index contributed by atoms with van der Waals surface area (Å²) in [5.41, 5.74) is 0.977. The van der Waals surface area contributed by atoms with E-state index in [1.807, 2.05) is 29.2 Å². The minimum absolute atomic E-state index is 0.125. The van der Waals surface area contributed by atoms with Gasteiger partial charge in [-0.05, 0) is 61.7 Å². The summed E-state index contributed by atoms with van der Waals surface area (Å²) in [5, 5.41) is 6.33. The number of benzene rings is 1. The maximum absolute atomic E-state index is 13.2. The largest absolute Gasteiger partial charge is 0.341 e. The molecule has 4 aliphatic rings. The van der Waals surface area contributed by atoms with Crippen LogP contribution in [0.15, 0.2) is 24.3 Å². The van der Waals surface area contributed by atoms with Crippen molar-refractivity contribution in [3.05, 3.63) is 35.4 Å². The molecule has 28 heavy (non-hydrogen) atoms. The molecule has 1 unspecified atom stereocenters. The Labute approximate surface area is 164 Å². The van der Waals surface area contributed by atoms with Gasteiger partial charge in [-0.15, -0.1) is 0 Å². The molecule has 1 aliphatic carbocycles. The van der Waals surface area contributed by atoms with Gasteiger partial charge in [0, 0.05) is 13.1 Å². The average Bonchev–Trinajstić information content (AvgIpc) is 3.32. The zero-order chi connectivity index (χ0) is 19.3. The Morgan fingerprint density at radius 2 is 1.82 bits per heavy atom. The van der Waals surface area contributed by atoms with Crippen molar-refractivity contribution >= 4 is 17.8 Å². The van der Waals surface area contributed by atoms with Gasteiger partial charge >= 0.3 is 6.03 Å². The first kappa shape index (κ1) is 17.7. The Hall–Kier alpha value is -2.41. The lowest BCUT2D eigenvalue weighted by molar-refractivity contribution is -0.139. The van der Waals surface area contributed by atoms with Gasteiger partial charge in [-0.2, -0.15) is 0 Å². The number of carbonyl (C=O) groups is 3. The summed E-state index contributed by atoms with van der Waals surface area (Å²) in [5.74, 6) is 0.854. The Morgan fingerprint density at radius 3 is 2.57 bits per heavy atom. The zero-order valence-corrected chi connectivity index (χ0v) is 15.9. The summed E-state index contributed by atoms with van der Waals surface area (Å²) in [4.78, 5) is 41.7. The normalized spacial score (nSPS) is 31.7. The van der Waals surface area contributed by atoms with Crippen LogP contribution in [0.4, 0.5) is 4.79 Å². The number of carbonyl (C=O) groups excluding carboxylic acids is 3. The Bertz CT molecular complexity index is 827. The monoisotopic (exact) mass is 382 g/mol. The molecule has 0 saturated carbocycles. The van der Waals surface area contributed by atoms with Crippen LogP contribution < -0.4 is 10.6 Å². The molecule has 3 heterocycles. The van der Waals surface area contributed by atoms with Gasteiger partial charge in [-0.1, -0.05) is 24.3 Å². The van der Waals surface area contributed by atoms with Crippen LogP contribution in [0.3, 0.4) is 0 Å². The first-order chi connectivity index (χ1) is 13.6. The molecule has 3 fully saturated rings. The van der Waals surface area contributed by atoms with Crippen molar-refractivity contribution in [1.82, 2.24) is 20.4 Å². The van der Waals surface area contributed by atoms with Crippen LogP contribution in [-0.4, -0.2) is 60.4 Å². The molecule has 2 N–H and O–H groups in total. The Morgan fingerprint density at radius 1 is 1.11 bits per heavy atom. The van der Waals surface area contributed by atoms with Gasteiger partial charge in [0.05, 0.1) is 0 Å². The van der Waals surface area contributed by atoms with Crippen molar-refractivity contribution in [2.24, 2.45) is 11.8 Å². The van der Waals surface area contributed by atoms with Crippen LogP contribution in [0.2, 0.25) is 0 Å². The van der Waals surface area contributed by atoms with Gasteiger partial charge in [0.1, 0.15) is 12.1 Å². The molecular formula is C21H26N4O3. The maximum atomic E-state index is 13.2. The standard InChI is InChI=1S/C21H26N4O3/c26-18(24-9-6-15-11-22-12-16(15)7-10-24)13-25-19(27)21(23-20(25)28)8-5-14-3-1-2-4-17(14)21/h1-4,15-16,22H,5-13H2,(H,23,28)/t15-,16+,21?. The van der Waals surface area contributed by atoms with E-state index in [1.165, 1.54) is 0 Å². The third kappa shape index (κ3) is 2.64. The van der Waals surface area contributed by atoms with Crippen molar-refractivity contribution < 1.29 is 14.4 Å². The summed E-state index contributed by atoms with van der Waals surface area (Å²) in [6.45, 7) is 3.31. The number of hydrogen-bond donors (Lipinski definition) is 2. The highest BCUT2D eigenvalue weighted by molar-refractivity contribution is 6.09. The van der Waals surface area contributed by atoms with E-state index in [0.717, 1.165) is 48.4 Å². The molecular weight excluding hydrogens is 356 g/mol. The highest BCUT2D eigenvalue weighted by atomic mass is 16.2. The maximum Gasteiger partial charge on any atom is 0.325 e. The predicted molar refractivity (Wildman–Crippen MR) is 102 cm³/mol. The van der Waals surface area contributed by atoms with Crippen molar-refractivity contribution in [3.8, 4) is 0 Å². The molecule has 1 aromatic carbocycles. The van der Waals surface area contributed by atoms with Gasteiger partial charge in [0.2, 0.25) is 5.91 Å². The molecule has 5 rings (SSSR count). The third-order valence-electron chi connectivity index (χ3n) is 7.09. The van der Waals surface area contributed by atoms with E-state index in [2.05, 4.69) is 10.6 Å². The molecule has 3 atom stereocenters. The zero-order valence-electron chi connectivity index (χ0n) is 15.9. The van der Waals surface area contributed by atoms with E-state index < -0.39 is 11.6 Å². The second-order valence-electron chi connectivity index (χ2n) is 8.52. The fourth-order valence-corrected chi connectivity index (χ4v) is 5.44. The van der Waals surface area contributed by atoms with E-state index in [4.69, 9.17) is 0 Å². The number of likely N-dealkylation sites (tertiary alicyclic amines) is 1. The minimum Gasteiger partial charge on any atom is -0.341 e. The SMILES string of the molecule is O=C(CN1C(=O)NC2(CCc3ccccc32)C1=O)N1CC[C@@H]2CNC[C@@H]2CC1. The summed E-state index contributed by atoms with van der Waals surface area (Å²) < 4.78 is 0. The number of hydrogen-bond acceptors (Lipinski definition) is 4. The number of amides is 4. The van der Waals surface area contributed by atoms with Crippen LogP contribution in [0.5, 0.6) is 0 Å². The predicted octanol–water partition coefficient (Wildman–Crippen LogP) is 0.838. The van der Waals surface area contributed by atoms with Crippen LogP contribution in [-0.2, 0) is 21.5 Å². The number of fused-ring (bicyclic) bond motifs is 3. The van der Waals surface area contributed by atoms with E-state index in [1.54, 1.807) is 0 Å². The minimum atomic E-state index is -0.991. The van der Waals surface area contributed by atoms with Crippen LogP contribution in [0.25, 0.3) is 0 Å². The number of urea groups is 1. The van der Waals surface area contributed by atoms with Crippen LogP contribution >= 0.6 is 0 Å². The molecule has 7 nitrogen and oxygen atoms in total. The van der Waals surface area contributed by atoms with Gasteiger partial charge in [0.25, 0.3) is 5.91 Å². The number of nitrogens with zero attached hydrogens (tertiary/aromatic N) is 2. The first-order valence-corrected chi connectivity index (χ1v) is 10.3. The first-order valence-electron chi connectivity index (χ1n) is 10.3. The lowest BCUT2D eigenvalue weighted by Gasteiger charge is -2.24. The van der Waals surface area contributed by atoms with Crippen molar-refractivity contribution in [1.29, 1.82) is 0 Å². The lowest BCUT2D eigenvalue weighted by atomic mass is 9.92. The molecule has 1 spiro atoms. The highest BCUT2D eigenvalue weighted by Gasteiger charge is 2.55. The number of imide groups is 1. The lowest BCUT2D eigenvalue weighted by Crippen LogP contribution is -2.45. The molecule has 0 aromatic heterocycles. The van der Waals surface area contributed by atoms with E-state index >= 15 is 0 Å². The number of rotatable bonds is 2. The van der Waals surface area contributed by atoms with Crippen LogP contribution in [0.1, 0.15) is 30.4 Å². The topological polar surface area (TPSA) is 81.8 Å². The fraction of sp³-hybridized carbons (Fsp3) is 0.571. The number of nitrogens with one attached hydrogen (secondary N) is 2. The van der Waals surface area contributed by atoms with Crippen molar-refractivity contribution in [2.45, 2.75) is 31.2 Å². The molecule has 148 valence electrons. The van der Waals surface area contributed by atoms with Crippen LogP contribution in [0, 0.1) is 11.8 Å². The van der Waals surface area contributed by atoms with Crippen molar-refractivity contribution in [2.75, 3.05) is 32.7 Å². The van der Waals surface area contributed by atoms with E-state index in [9.17, 15) is 14.4 Å². The summed E-state index contributed by atoms with van der Waals surface area (Å²) in [6.07, 6.45) is 3.29. The molecule has 3 saturated heterocycles.